The predicted octanol–water partition coefficient (Wildman–Crippen LogP) is 1.58. The van der Waals surface area contributed by atoms with Gasteiger partial charge in [-0.1, -0.05) is 0 Å². The Morgan fingerprint density at radius 2 is 2.30 bits per heavy atom. The summed E-state index contributed by atoms with van der Waals surface area (Å²) in [6.45, 7) is 2.00. The quantitative estimate of drug-likeness (QED) is 0.779. The molecule has 7 nitrogen and oxygen atoms in total. The molecule has 1 unspecified atom stereocenters. The van der Waals surface area contributed by atoms with Gasteiger partial charge in [-0.2, -0.15) is 10.2 Å². The summed E-state index contributed by atoms with van der Waals surface area (Å²) in [5.74, 6) is -0.155. The van der Waals surface area contributed by atoms with Gasteiger partial charge in [0, 0.05) is 24.5 Å². The summed E-state index contributed by atoms with van der Waals surface area (Å²) in [7, 11) is 1.96. The molecule has 118 valence electrons. The molecule has 0 bridgehead atoms. The second-order valence-corrected chi connectivity index (χ2v) is 5.92. The fourth-order valence-electron chi connectivity index (χ4n) is 3.45. The predicted molar refractivity (Wildman–Crippen MR) is 84.1 cm³/mol. The van der Waals surface area contributed by atoms with Gasteiger partial charge in [-0.05, 0) is 38.3 Å². The maximum absolute atomic E-state index is 12.7. The van der Waals surface area contributed by atoms with Crippen molar-refractivity contribution < 1.29 is 4.79 Å². The van der Waals surface area contributed by atoms with Crippen molar-refractivity contribution in [2.24, 2.45) is 7.05 Å². The van der Waals surface area contributed by atoms with Gasteiger partial charge < -0.3 is 5.32 Å². The Balaban J connectivity index is 1.66. The lowest BCUT2D eigenvalue weighted by atomic mass is 9.91. The second kappa shape index (κ2) is 5.19. The molecule has 0 saturated carbocycles. The lowest BCUT2D eigenvalue weighted by Gasteiger charge is -2.24. The van der Waals surface area contributed by atoms with E-state index in [1.54, 1.807) is 23.0 Å². The average molecular weight is 310 g/mol. The Morgan fingerprint density at radius 1 is 1.43 bits per heavy atom. The number of nitrogens with zero attached hydrogens (tertiary/aromatic N) is 5. The first-order valence-electron chi connectivity index (χ1n) is 7.77. The number of hydrogen-bond acceptors (Lipinski definition) is 4. The summed E-state index contributed by atoms with van der Waals surface area (Å²) in [5.41, 5.74) is 4.49. The van der Waals surface area contributed by atoms with Crippen LogP contribution in [-0.2, 0) is 13.5 Å². The fourth-order valence-corrected chi connectivity index (χ4v) is 3.45. The molecule has 1 atom stereocenters. The molecule has 0 saturated heterocycles. The van der Waals surface area contributed by atoms with Crippen LogP contribution < -0.4 is 5.32 Å². The van der Waals surface area contributed by atoms with E-state index in [-0.39, 0.29) is 11.9 Å². The van der Waals surface area contributed by atoms with Crippen LogP contribution in [0.4, 0.5) is 0 Å². The van der Waals surface area contributed by atoms with Crippen molar-refractivity contribution in [2.45, 2.75) is 32.2 Å². The summed E-state index contributed by atoms with van der Waals surface area (Å²) < 4.78 is 3.49. The van der Waals surface area contributed by atoms with E-state index in [0.717, 1.165) is 30.5 Å². The highest BCUT2D eigenvalue weighted by molar-refractivity contribution is 5.93. The van der Waals surface area contributed by atoms with Crippen molar-refractivity contribution in [2.75, 3.05) is 0 Å². The molecule has 1 aliphatic rings. The van der Waals surface area contributed by atoms with Crippen LogP contribution in [0, 0.1) is 6.92 Å². The Morgan fingerprint density at radius 3 is 3.17 bits per heavy atom. The summed E-state index contributed by atoms with van der Waals surface area (Å²) in [6.07, 6.45) is 6.20. The number of aryl methyl sites for hydroxylation is 2. The van der Waals surface area contributed by atoms with Gasteiger partial charge in [-0.25, -0.2) is 9.50 Å². The zero-order valence-corrected chi connectivity index (χ0v) is 13.2. The molecule has 1 aliphatic carbocycles. The maximum Gasteiger partial charge on any atom is 0.272 e. The third-order valence-corrected chi connectivity index (χ3v) is 4.46. The van der Waals surface area contributed by atoms with Crippen molar-refractivity contribution in [1.82, 2.24) is 29.7 Å². The molecule has 1 N–H and O–H groups in total. The number of imidazole rings is 1. The van der Waals surface area contributed by atoms with E-state index in [2.05, 4.69) is 20.5 Å². The molecule has 23 heavy (non-hydrogen) atoms. The molecule has 7 heteroatoms. The van der Waals surface area contributed by atoms with Crippen molar-refractivity contribution in [3.8, 4) is 0 Å². The number of amides is 1. The van der Waals surface area contributed by atoms with Gasteiger partial charge in [0.25, 0.3) is 5.91 Å². The summed E-state index contributed by atoms with van der Waals surface area (Å²) in [5, 5.41) is 11.8. The molecule has 3 aromatic heterocycles. The minimum absolute atomic E-state index is 0.00536. The zero-order chi connectivity index (χ0) is 16.0. The highest BCUT2D eigenvalue weighted by Crippen LogP contribution is 2.32. The summed E-state index contributed by atoms with van der Waals surface area (Å²) in [4.78, 5) is 16.9. The minimum atomic E-state index is -0.155. The Labute approximate surface area is 133 Å². The van der Waals surface area contributed by atoms with E-state index in [4.69, 9.17) is 0 Å². The highest BCUT2D eigenvalue weighted by Gasteiger charge is 2.28. The first kappa shape index (κ1) is 13.9. The smallest absolute Gasteiger partial charge is 0.272 e. The van der Waals surface area contributed by atoms with Crippen LogP contribution in [0.1, 0.15) is 46.3 Å². The fraction of sp³-hybridized carbons (Fsp3) is 0.375. The molecule has 3 aromatic rings. The van der Waals surface area contributed by atoms with E-state index in [9.17, 15) is 4.79 Å². The molecular formula is C16H18N6O. The molecule has 0 aromatic carbocycles. The Hall–Kier alpha value is -2.70. The van der Waals surface area contributed by atoms with Gasteiger partial charge in [0.1, 0.15) is 5.69 Å². The first-order chi connectivity index (χ1) is 11.1. The van der Waals surface area contributed by atoms with Crippen LogP contribution in [-0.4, -0.2) is 30.3 Å². The lowest BCUT2D eigenvalue weighted by molar-refractivity contribution is 0.0925. The Kier molecular flexibility index (Phi) is 3.14. The largest absolute Gasteiger partial charge is 0.344 e. The third-order valence-electron chi connectivity index (χ3n) is 4.46. The van der Waals surface area contributed by atoms with Gasteiger partial charge in [-0.15, -0.1) is 0 Å². The van der Waals surface area contributed by atoms with Gasteiger partial charge in [0.2, 0.25) is 0 Å². The van der Waals surface area contributed by atoms with Crippen LogP contribution in [0.3, 0.4) is 0 Å². The SMILES string of the molecule is Cc1nn(C)c2c1C(NC(=O)c1cnc3cccnn13)CCC2. The molecule has 0 spiro atoms. The van der Waals surface area contributed by atoms with Crippen molar-refractivity contribution >= 4 is 11.6 Å². The molecule has 3 heterocycles. The van der Waals surface area contributed by atoms with Gasteiger partial charge in [0.05, 0.1) is 17.9 Å². The molecule has 1 amide bonds. The molecule has 0 radical (unpaired) electrons. The van der Waals surface area contributed by atoms with Gasteiger partial charge >= 0.3 is 0 Å². The number of hydrogen-bond donors (Lipinski definition) is 1. The number of carbonyl (C=O) groups is 1. The summed E-state index contributed by atoms with van der Waals surface area (Å²) >= 11 is 0. The summed E-state index contributed by atoms with van der Waals surface area (Å²) in [6, 6.07) is 3.62. The van der Waals surface area contributed by atoms with Gasteiger partial charge in [-0.3, -0.25) is 9.48 Å². The minimum Gasteiger partial charge on any atom is -0.344 e. The monoisotopic (exact) mass is 310 g/mol. The van der Waals surface area contributed by atoms with Crippen molar-refractivity contribution in [3.63, 3.8) is 0 Å². The van der Waals surface area contributed by atoms with Crippen LogP contribution in [0.2, 0.25) is 0 Å². The van der Waals surface area contributed by atoms with Crippen molar-refractivity contribution in [1.29, 1.82) is 0 Å². The second-order valence-electron chi connectivity index (χ2n) is 5.92. The normalized spacial score (nSPS) is 17.2. The average Bonchev–Trinajstić information content (AvgIpc) is 3.10. The number of aromatic nitrogens is 5. The van der Waals surface area contributed by atoms with Crippen LogP contribution in [0.5, 0.6) is 0 Å². The third kappa shape index (κ3) is 2.19. The molecule has 0 aliphatic heterocycles. The number of rotatable bonds is 2. The lowest BCUT2D eigenvalue weighted by Crippen LogP contribution is -2.32. The van der Waals surface area contributed by atoms with Crippen molar-refractivity contribution in [3.05, 3.63) is 47.2 Å². The first-order valence-corrected chi connectivity index (χ1v) is 7.77. The van der Waals surface area contributed by atoms with Crippen LogP contribution in [0.15, 0.2) is 24.5 Å². The topological polar surface area (TPSA) is 77.1 Å². The highest BCUT2D eigenvalue weighted by atomic mass is 16.2. The number of fused-ring (bicyclic) bond motifs is 2. The molecule has 0 fully saturated rings. The molecule has 4 rings (SSSR count). The van der Waals surface area contributed by atoms with E-state index in [1.165, 1.54) is 5.69 Å². The number of nitrogens with one attached hydrogen (secondary N) is 1. The van der Waals surface area contributed by atoms with E-state index >= 15 is 0 Å². The Bertz CT molecular complexity index is 893. The van der Waals surface area contributed by atoms with E-state index in [0.29, 0.717) is 11.3 Å². The van der Waals surface area contributed by atoms with Gasteiger partial charge in [0.15, 0.2) is 5.65 Å². The standard InChI is InChI=1S/C16H18N6O/c1-10-15-11(5-3-6-12(15)21(2)20-10)19-16(23)13-9-17-14-7-4-8-18-22(13)14/h4,7-9,11H,3,5-6H2,1-2H3,(H,19,23). The molecular weight excluding hydrogens is 292 g/mol. The maximum atomic E-state index is 12.7. The number of carbonyl (C=O) groups excluding carboxylic acids is 1. The van der Waals surface area contributed by atoms with Crippen LogP contribution >= 0.6 is 0 Å². The van der Waals surface area contributed by atoms with Crippen LogP contribution in [0.25, 0.3) is 5.65 Å². The van der Waals surface area contributed by atoms with E-state index < -0.39 is 0 Å². The zero-order valence-electron chi connectivity index (χ0n) is 13.2. The van der Waals surface area contributed by atoms with E-state index in [1.807, 2.05) is 24.7 Å².